The minimum atomic E-state index is 0.597. The number of halogens is 2. The first-order valence-corrected chi connectivity index (χ1v) is 7.79. The molecule has 0 aliphatic heterocycles. The van der Waals surface area contributed by atoms with Crippen LogP contribution in [-0.2, 0) is 0 Å². The van der Waals surface area contributed by atoms with Crippen molar-refractivity contribution in [1.82, 2.24) is 0 Å². The first-order valence-electron chi connectivity index (χ1n) is 6.05. The molecule has 0 atom stereocenters. The van der Waals surface area contributed by atoms with E-state index in [4.69, 9.17) is 27.9 Å². The van der Waals surface area contributed by atoms with Crippen LogP contribution in [0.2, 0.25) is 10.0 Å². The molecule has 4 heteroatoms. The van der Waals surface area contributed by atoms with Crippen molar-refractivity contribution < 1.29 is 4.74 Å². The predicted octanol–water partition coefficient (Wildman–Crippen LogP) is 6.29. The van der Waals surface area contributed by atoms with E-state index >= 15 is 0 Å². The molecule has 0 heterocycles. The molecule has 0 saturated heterocycles. The van der Waals surface area contributed by atoms with E-state index in [1.54, 1.807) is 17.8 Å². The maximum atomic E-state index is 6.16. The summed E-state index contributed by atoms with van der Waals surface area (Å²) in [5, 5.41) is 1.35. The summed E-state index contributed by atoms with van der Waals surface area (Å²) in [5.74, 6) is 2.43. The number of hydrogen-bond acceptors (Lipinski definition) is 2. The van der Waals surface area contributed by atoms with E-state index in [2.05, 4.69) is 6.92 Å². The summed E-state index contributed by atoms with van der Waals surface area (Å²) >= 11 is 14.0. The summed E-state index contributed by atoms with van der Waals surface area (Å²) in [7, 11) is 0. The molecular formula is C15H14Cl2OS. The second-order valence-corrected chi connectivity index (χ2v) is 5.92. The monoisotopic (exact) mass is 312 g/mol. The molecule has 19 heavy (non-hydrogen) atoms. The normalized spacial score (nSPS) is 10.5. The van der Waals surface area contributed by atoms with Crippen molar-refractivity contribution in [3.8, 4) is 11.5 Å². The Morgan fingerprint density at radius 3 is 2.58 bits per heavy atom. The van der Waals surface area contributed by atoms with Gasteiger partial charge in [-0.15, -0.1) is 11.8 Å². The number of benzene rings is 2. The highest BCUT2D eigenvalue weighted by molar-refractivity contribution is 7.99. The molecule has 0 amide bonds. The standard InChI is InChI=1S/C15H14Cl2OS/c1-2-9-19-15-10-11(7-8-13(15)17)18-14-6-4-3-5-12(14)16/h3-8,10H,2,9H2,1H3. The number of ether oxygens (including phenoxy) is 1. The quantitative estimate of drug-likeness (QED) is 0.600. The Hall–Kier alpha value is -0.830. The molecule has 0 fully saturated rings. The SMILES string of the molecule is CCCSc1cc(Oc2ccccc2Cl)ccc1Cl. The van der Waals surface area contributed by atoms with Gasteiger partial charge >= 0.3 is 0 Å². The van der Waals surface area contributed by atoms with E-state index in [-0.39, 0.29) is 0 Å². The Bertz CT molecular complexity index is 558. The maximum absolute atomic E-state index is 6.16. The van der Waals surface area contributed by atoms with Crippen LogP contribution in [0.1, 0.15) is 13.3 Å². The molecule has 100 valence electrons. The summed E-state index contributed by atoms with van der Waals surface area (Å²) in [6.07, 6.45) is 1.11. The van der Waals surface area contributed by atoms with Gasteiger partial charge in [0, 0.05) is 4.90 Å². The van der Waals surface area contributed by atoms with E-state index in [0.29, 0.717) is 10.8 Å². The molecule has 0 spiro atoms. The fourth-order valence-corrected chi connectivity index (χ4v) is 2.81. The van der Waals surface area contributed by atoms with Gasteiger partial charge in [0.1, 0.15) is 11.5 Å². The summed E-state index contributed by atoms with van der Waals surface area (Å²) in [6, 6.07) is 13.1. The lowest BCUT2D eigenvalue weighted by Crippen LogP contribution is -1.86. The fourth-order valence-electron chi connectivity index (χ4n) is 1.52. The molecule has 0 unspecified atom stereocenters. The second kappa shape index (κ2) is 7.09. The Kier molecular flexibility index (Phi) is 5.44. The van der Waals surface area contributed by atoms with Gasteiger partial charge in [-0.1, -0.05) is 42.3 Å². The van der Waals surface area contributed by atoms with Crippen molar-refractivity contribution >= 4 is 35.0 Å². The van der Waals surface area contributed by atoms with Crippen molar-refractivity contribution in [2.75, 3.05) is 5.75 Å². The lowest BCUT2D eigenvalue weighted by atomic mass is 10.3. The highest BCUT2D eigenvalue weighted by Gasteiger charge is 2.06. The smallest absolute Gasteiger partial charge is 0.146 e. The minimum Gasteiger partial charge on any atom is -0.456 e. The van der Waals surface area contributed by atoms with Crippen LogP contribution in [-0.4, -0.2) is 5.75 Å². The predicted molar refractivity (Wildman–Crippen MR) is 84.0 cm³/mol. The zero-order valence-electron chi connectivity index (χ0n) is 10.5. The van der Waals surface area contributed by atoms with Gasteiger partial charge in [0.05, 0.1) is 10.0 Å². The Morgan fingerprint density at radius 1 is 1.05 bits per heavy atom. The Labute approximate surface area is 127 Å². The number of para-hydroxylation sites is 1. The van der Waals surface area contributed by atoms with E-state index in [1.807, 2.05) is 36.4 Å². The third kappa shape index (κ3) is 4.07. The van der Waals surface area contributed by atoms with Gasteiger partial charge in [0.2, 0.25) is 0 Å². The van der Waals surface area contributed by atoms with Crippen LogP contribution in [0.3, 0.4) is 0 Å². The van der Waals surface area contributed by atoms with E-state index in [9.17, 15) is 0 Å². The van der Waals surface area contributed by atoms with Crippen LogP contribution in [0, 0.1) is 0 Å². The van der Waals surface area contributed by atoms with Gasteiger partial charge in [0.15, 0.2) is 0 Å². The zero-order valence-corrected chi connectivity index (χ0v) is 12.9. The third-order valence-corrected chi connectivity index (χ3v) is 4.44. The molecule has 2 aromatic rings. The van der Waals surface area contributed by atoms with Crippen molar-refractivity contribution in [2.24, 2.45) is 0 Å². The van der Waals surface area contributed by atoms with Gasteiger partial charge in [-0.3, -0.25) is 0 Å². The Balaban J connectivity index is 2.19. The van der Waals surface area contributed by atoms with E-state index < -0.39 is 0 Å². The minimum absolute atomic E-state index is 0.597. The van der Waals surface area contributed by atoms with E-state index in [0.717, 1.165) is 27.8 Å². The number of rotatable bonds is 5. The van der Waals surface area contributed by atoms with Gasteiger partial charge < -0.3 is 4.74 Å². The van der Waals surface area contributed by atoms with Crippen LogP contribution >= 0.6 is 35.0 Å². The first-order chi connectivity index (χ1) is 9.20. The van der Waals surface area contributed by atoms with E-state index in [1.165, 1.54) is 0 Å². The van der Waals surface area contributed by atoms with Gasteiger partial charge in [-0.05, 0) is 42.5 Å². The second-order valence-electron chi connectivity index (χ2n) is 3.97. The molecule has 1 nitrogen and oxygen atoms in total. The van der Waals surface area contributed by atoms with Gasteiger partial charge in [-0.25, -0.2) is 0 Å². The van der Waals surface area contributed by atoms with Crippen LogP contribution < -0.4 is 4.74 Å². The summed E-state index contributed by atoms with van der Waals surface area (Å²) < 4.78 is 5.78. The molecule has 0 N–H and O–H groups in total. The van der Waals surface area contributed by atoms with Gasteiger partial charge in [0.25, 0.3) is 0 Å². The average molecular weight is 313 g/mol. The summed E-state index contributed by atoms with van der Waals surface area (Å²) in [6.45, 7) is 2.14. The van der Waals surface area contributed by atoms with Crippen LogP contribution in [0.4, 0.5) is 0 Å². The molecule has 2 aromatic carbocycles. The lowest BCUT2D eigenvalue weighted by Gasteiger charge is -2.10. The highest BCUT2D eigenvalue weighted by Crippen LogP contribution is 2.34. The van der Waals surface area contributed by atoms with Crippen molar-refractivity contribution in [3.63, 3.8) is 0 Å². The molecule has 2 rings (SSSR count). The third-order valence-electron chi connectivity index (χ3n) is 2.43. The molecule has 0 aliphatic rings. The maximum Gasteiger partial charge on any atom is 0.146 e. The van der Waals surface area contributed by atoms with Gasteiger partial charge in [-0.2, -0.15) is 0 Å². The zero-order chi connectivity index (χ0) is 13.7. The first kappa shape index (κ1) is 14.6. The van der Waals surface area contributed by atoms with Crippen LogP contribution in [0.25, 0.3) is 0 Å². The topological polar surface area (TPSA) is 9.23 Å². The fraction of sp³-hybridized carbons (Fsp3) is 0.200. The molecule has 0 aliphatic carbocycles. The summed E-state index contributed by atoms with van der Waals surface area (Å²) in [5.41, 5.74) is 0. The summed E-state index contributed by atoms with van der Waals surface area (Å²) in [4.78, 5) is 1.04. The molecule has 0 radical (unpaired) electrons. The Morgan fingerprint density at radius 2 is 1.84 bits per heavy atom. The van der Waals surface area contributed by atoms with Crippen molar-refractivity contribution in [1.29, 1.82) is 0 Å². The molecule has 0 aromatic heterocycles. The molecule has 0 bridgehead atoms. The number of hydrogen-bond donors (Lipinski definition) is 0. The number of thioether (sulfide) groups is 1. The van der Waals surface area contributed by atoms with Crippen LogP contribution in [0.15, 0.2) is 47.4 Å². The van der Waals surface area contributed by atoms with Crippen molar-refractivity contribution in [3.05, 3.63) is 52.5 Å². The average Bonchev–Trinajstić information content (AvgIpc) is 2.42. The molecule has 0 saturated carbocycles. The highest BCUT2D eigenvalue weighted by atomic mass is 35.5. The van der Waals surface area contributed by atoms with Crippen LogP contribution in [0.5, 0.6) is 11.5 Å². The van der Waals surface area contributed by atoms with Crippen molar-refractivity contribution in [2.45, 2.75) is 18.2 Å². The molecular weight excluding hydrogens is 299 g/mol. The lowest BCUT2D eigenvalue weighted by molar-refractivity contribution is 0.481. The largest absolute Gasteiger partial charge is 0.456 e.